The Morgan fingerprint density at radius 3 is 2.14 bits per heavy atom. The molecule has 3 aliphatic rings. The number of piperidine rings is 2. The Morgan fingerprint density at radius 1 is 0.931 bits per heavy atom. The van der Waals surface area contributed by atoms with Crippen molar-refractivity contribution in [3.63, 3.8) is 0 Å². The monoisotopic (exact) mass is 398 g/mol. The zero-order valence-corrected chi connectivity index (χ0v) is 18.3. The minimum absolute atomic E-state index is 0.270. The van der Waals surface area contributed by atoms with E-state index in [1.165, 1.54) is 58.3 Å². The number of nitrogens with zero attached hydrogens (tertiary/aromatic N) is 6. The Hall–Kier alpha value is -1.76. The molecular formula is C23H38N6. The van der Waals surface area contributed by atoms with E-state index in [2.05, 4.69) is 37.4 Å². The zero-order valence-electron chi connectivity index (χ0n) is 18.3. The van der Waals surface area contributed by atoms with Crippen LogP contribution in [0.25, 0.3) is 4.85 Å². The van der Waals surface area contributed by atoms with Crippen LogP contribution in [0.3, 0.4) is 0 Å². The van der Waals surface area contributed by atoms with Gasteiger partial charge >= 0.3 is 5.70 Å². The molecule has 3 aliphatic heterocycles. The van der Waals surface area contributed by atoms with E-state index in [0.717, 1.165) is 63.8 Å². The van der Waals surface area contributed by atoms with E-state index in [4.69, 9.17) is 6.57 Å². The summed E-state index contributed by atoms with van der Waals surface area (Å²) >= 11 is 0. The van der Waals surface area contributed by atoms with Gasteiger partial charge in [0.15, 0.2) is 0 Å². The Bertz CT molecular complexity index is 608. The lowest BCUT2D eigenvalue weighted by Crippen LogP contribution is -2.36. The van der Waals surface area contributed by atoms with Gasteiger partial charge in [-0.1, -0.05) is 13.3 Å². The van der Waals surface area contributed by atoms with E-state index in [0.29, 0.717) is 0 Å². The highest BCUT2D eigenvalue weighted by Crippen LogP contribution is 2.24. The third kappa shape index (κ3) is 6.36. The van der Waals surface area contributed by atoms with Crippen LogP contribution in [-0.4, -0.2) is 85.0 Å². The molecule has 1 unspecified atom stereocenters. The second kappa shape index (κ2) is 11.4. The fourth-order valence-electron chi connectivity index (χ4n) is 5.16. The largest absolute Gasteiger partial charge is 0.365 e. The number of hydrogen-bond donors (Lipinski definition) is 0. The maximum absolute atomic E-state index is 9.52. The van der Waals surface area contributed by atoms with Gasteiger partial charge in [0.1, 0.15) is 5.82 Å². The third-order valence-corrected chi connectivity index (χ3v) is 6.66. The molecule has 6 nitrogen and oxygen atoms in total. The molecule has 3 rings (SSSR count). The summed E-state index contributed by atoms with van der Waals surface area (Å²) in [6, 6.07) is 2.16. The molecule has 3 heterocycles. The maximum Gasteiger partial charge on any atom is 0.300 e. The van der Waals surface area contributed by atoms with Crippen LogP contribution in [0.2, 0.25) is 0 Å². The molecule has 0 saturated carbocycles. The van der Waals surface area contributed by atoms with Gasteiger partial charge in [0, 0.05) is 32.7 Å². The van der Waals surface area contributed by atoms with Crippen molar-refractivity contribution in [2.24, 2.45) is 5.92 Å². The van der Waals surface area contributed by atoms with Crippen molar-refractivity contribution >= 4 is 0 Å². The maximum atomic E-state index is 9.52. The van der Waals surface area contributed by atoms with Crippen molar-refractivity contribution in [1.29, 1.82) is 5.26 Å². The van der Waals surface area contributed by atoms with Crippen molar-refractivity contribution in [2.75, 3.05) is 65.4 Å². The van der Waals surface area contributed by atoms with Gasteiger partial charge in [0.25, 0.3) is 0 Å². The minimum atomic E-state index is 0.270. The van der Waals surface area contributed by atoms with Crippen LogP contribution in [0.1, 0.15) is 51.9 Å². The Morgan fingerprint density at radius 2 is 1.55 bits per heavy atom. The van der Waals surface area contributed by atoms with Crippen molar-refractivity contribution < 1.29 is 0 Å². The Kier molecular flexibility index (Phi) is 8.65. The van der Waals surface area contributed by atoms with Gasteiger partial charge in [0.2, 0.25) is 0 Å². The zero-order chi connectivity index (χ0) is 20.5. The van der Waals surface area contributed by atoms with Gasteiger partial charge in [-0.3, -0.25) is 0 Å². The minimum Gasteiger partial charge on any atom is -0.365 e. The predicted molar refractivity (Wildman–Crippen MR) is 117 cm³/mol. The summed E-state index contributed by atoms with van der Waals surface area (Å²) in [6.07, 6.45) is 8.92. The van der Waals surface area contributed by atoms with Crippen LogP contribution in [-0.2, 0) is 0 Å². The van der Waals surface area contributed by atoms with Crippen molar-refractivity contribution in [3.05, 3.63) is 22.9 Å². The van der Waals surface area contributed by atoms with Gasteiger partial charge < -0.3 is 19.6 Å². The third-order valence-electron chi connectivity index (χ3n) is 6.66. The van der Waals surface area contributed by atoms with Crippen LogP contribution < -0.4 is 0 Å². The molecule has 3 saturated heterocycles. The van der Waals surface area contributed by atoms with Gasteiger partial charge in [0.05, 0.1) is 12.6 Å². The summed E-state index contributed by atoms with van der Waals surface area (Å²) < 4.78 is 0. The standard InChI is InChI=1S/C23H38N6/c1-21-9-6-12-27(20-21)14-8-16-29-18-17-28(23(29)22(19-24)25-2)15-7-13-26-10-4-3-5-11-26/h21H,3-18,20H2,1H3/b23-22+. The summed E-state index contributed by atoms with van der Waals surface area (Å²) in [4.78, 5) is 13.3. The number of likely N-dealkylation sites (tertiary alicyclic amines) is 2. The fourth-order valence-corrected chi connectivity index (χ4v) is 5.16. The number of nitriles is 1. The average Bonchev–Trinajstić information content (AvgIpc) is 3.13. The molecule has 0 aromatic carbocycles. The molecule has 6 heteroatoms. The molecule has 0 aromatic rings. The lowest BCUT2D eigenvalue weighted by molar-refractivity contribution is 0.175. The molecule has 0 aromatic heterocycles. The summed E-state index contributed by atoms with van der Waals surface area (Å²) in [5.41, 5.74) is 0.270. The van der Waals surface area contributed by atoms with Gasteiger partial charge in [-0.15, -0.1) is 0 Å². The highest BCUT2D eigenvalue weighted by atomic mass is 15.4. The molecule has 0 radical (unpaired) electrons. The highest BCUT2D eigenvalue weighted by molar-refractivity contribution is 5.33. The van der Waals surface area contributed by atoms with Gasteiger partial charge in [-0.25, -0.2) is 10.1 Å². The summed E-state index contributed by atoms with van der Waals surface area (Å²) in [5.74, 6) is 1.71. The lowest BCUT2D eigenvalue weighted by atomic mass is 10.0. The van der Waals surface area contributed by atoms with Gasteiger partial charge in [-0.05, 0) is 77.2 Å². The molecule has 0 spiro atoms. The van der Waals surface area contributed by atoms with Crippen LogP contribution in [0, 0.1) is 23.8 Å². The Balaban J connectivity index is 1.50. The van der Waals surface area contributed by atoms with E-state index in [1.807, 2.05) is 0 Å². The quantitative estimate of drug-likeness (QED) is 0.464. The fraction of sp³-hybridized carbons (Fsp3) is 0.826. The average molecular weight is 399 g/mol. The van der Waals surface area contributed by atoms with E-state index in [9.17, 15) is 5.26 Å². The summed E-state index contributed by atoms with van der Waals surface area (Å²) in [7, 11) is 0. The van der Waals surface area contributed by atoms with E-state index in [-0.39, 0.29) is 5.70 Å². The summed E-state index contributed by atoms with van der Waals surface area (Å²) in [5, 5.41) is 9.52. The lowest BCUT2D eigenvalue weighted by Gasteiger charge is -2.32. The van der Waals surface area contributed by atoms with E-state index < -0.39 is 0 Å². The first-order valence-corrected chi connectivity index (χ1v) is 11.7. The molecule has 3 fully saturated rings. The van der Waals surface area contributed by atoms with Crippen LogP contribution in [0.15, 0.2) is 11.5 Å². The molecule has 160 valence electrons. The topological polar surface area (TPSA) is 41.1 Å². The first-order valence-electron chi connectivity index (χ1n) is 11.7. The van der Waals surface area contributed by atoms with Crippen LogP contribution in [0.4, 0.5) is 0 Å². The number of rotatable bonds is 8. The van der Waals surface area contributed by atoms with Crippen molar-refractivity contribution in [1.82, 2.24) is 19.6 Å². The van der Waals surface area contributed by atoms with Crippen LogP contribution >= 0.6 is 0 Å². The SMILES string of the molecule is [C-]#[N+]/C(C#N)=C1\N(CCCN2CCCCC2)CCN1CCCN1CCCC(C)C1. The molecule has 1 atom stereocenters. The second-order valence-electron chi connectivity index (χ2n) is 9.03. The van der Waals surface area contributed by atoms with Crippen molar-refractivity contribution in [2.45, 2.75) is 51.9 Å². The second-order valence-corrected chi connectivity index (χ2v) is 9.03. The molecule has 0 bridgehead atoms. The molecule has 0 amide bonds. The first-order chi connectivity index (χ1) is 14.2. The number of hydrogen-bond acceptors (Lipinski definition) is 5. The highest BCUT2D eigenvalue weighted by Gasteiger charge is 2.28. The number of allylic oxidation sites excluding steroid dienone is 1. The van der Waals surface area contributed by atoms with E-state index in [1.54, 1.807) is 0 Å². The molecule has 0 aliphatic carbocycles. The normalized spacial score (nSPS) is 25.7. The van der Waals surface area contributed by atoms with E-state index >= 15 is 0 Å². The Labute approximate surface area is 177 Å². The van der Waals surface area contributed by atoms with Gasteiger partial charge in [-0.2, -0.15) is 0 Å². The molecular weight excluding hydrogens is 360 g/mol. The van der Waals surface area contributed by atoms with Crippen molar-refractivity contribution in [3.8, 4) is 6.07 Å². The summed E-state index contributed by atoms with van der Waals surface area (Å²) in [6.45, 7) is 20.8. The van der Waals surface area contributed by atoms with Crippen LogP contribution in [0.5, 0.6) is 0 Å². The molecule has 29 heavy (non-hydrogen) atoms. The predicted octanol–water partition coefficient (Wildman–Crippen LogP) is 3.21. The smallest absolute Gasteiger partial charge is 0.300 e. The first kappa shape index (κ1) is 21.9. The molecule has 0 N–H and O–H groups in total.